The second-order valence-corrected chi connectivity index (χ2v) is 5.42. The molecule has 0 N–H and O–H groups in total. The molecule has 0 saturated carbocycles. The van der Waals surface area contributed by atoms with E-state index in [2.05, 4.69) is 26.8 Å². The van der Waals surface area contributed by atoms with E-state index in [4.69, 9.17) is 0 Å². The summed E-state index contributed by atoms with van der Waals surface area (Å²) < 4.78 is 1.70. The first kappa shape index (κ1) is 15.4. The van der Waals surface area contributed by atoms with Crippen molar-refractivity contribution in [2.75, 3.05) is 0 Å². The van der Waals surface area contributed by atoms with E-state index in [1.54, 1.807) is 14.5 Å². The van der Waals surface area contributed by atoms with Crippen LogP contribution in [0.15, 0.2) is 20.6 Å². The van der Waals surface area contributed by atoms with Gasteiger partial charge >= 0.3 is 78.0 Å². The van der Waals surface area contributed by atoms with Crippen LogP contribution in [-0.4, -0.2) is 0 Å². The summed E-state index contributed by atoms with van der Waals surface area (Å²) in [4.78, 5) is 0. The van der Waals surface area contributed by atoms with Gasteiger partial charge in [0.1, 0.15) is 0 Å². The fourth-order valence-corrected chi connectivity index (χ4v) is 3.60. The number of allylic oxidation sites excluding steroid dienone is 4. The molecule has 0 unspecified atom stereocenters. The van der Waals surface area contributed by atoms with Crippen molar-refractivity contribution < 1.29 is 24.4 Å². The second-order valence-electron chi connectivity index (χ2n) is 3.26. The van der Waals surface area contributed by atoms with E-state index < -0.39 is 0 Å². The molecular weight excluding hydrogens is 357 g/mol. The zero-order valence-electron chi connectivity index (χ0n) is 7.68. The zero-order chi connectivity index (χ0) is 7.72. The van der Waals surface area contributed by atoms with Crippen molar-refractivity contribution in [3.63, 3.8) is 0 Å². The fourth-order valence-electron chi connectivity index (χ4n) is 1.30. The molecule has 0 aromatic rings. The molecule has 0 amide bonds. The maximum Gasteiger partial charge on any atom is -0.147 e. The van der Waals surface area contributed by atoms with Gasteiger partial charge in [0.15, 0.2) is 0 Å². The average molecular weight is 373 g/mol. The van der Waals surface area contributed by atoms with Crippen LogP contribution in [0.5, 0.6) is 0 Å². The number of hydrogen-bond acceptors (Lipinski definition) is 0. The Morgan fingerprint density at radius 2 is 1.83 bits per heavy atom. The topological polar surface area (TPSA) is 0 Å². The summed E-state index contributed by atoms with van der Waals surface area (Å²) in [6.45, 7) is 6.79. The Labute approximate surface area is 102 Å². The number of rotatable bonds is 1. The first-order valence-corrected chi connectivity index (χ1v) is 5.52. The quantitative estimate of drug-likeness (QED) is 0.617. The van der Waals surface area contributed by atoms with Crippen molar-refractivity contribution in [2.24, 2.45) is 5.92 Å². The van der Waals surface area contributed by atoms with Gasteiger partial charge < -0.3 is 0 Å². The molecule has 0 spiro atoms. The third-order valence-electron chi connectivity index (χ3n) is 1.83. The monoisotopic (exact) mass is 373 g/mol. The van der Waals surface area contributed by atoms with Crippen LogP contribution in [0.4, 0.5) is 0 Å². The molecule has 0 radical (unpaired) electrons. The standard InChI is InChI=1S/C9H13.2ClH.Hf/c1-7(2)9-5-4-8(3)6-9;;;/h6-7H,4H2,1-3H3;2*1H;. The van der Waals surface area contributed by atoms with Gasteiger partial charge in [0.25, 0.3) is 0 Å². The van der Waals surface area contributed by atoms with Crippen LogP contribution in [0.1, 0.15) is 27.2 Å². The van der Waals surface area contributed by atoms with Crippen LogP contribution in [0.3, 0.4) is 0 Å². The summed E-state index contributed by atoms with van der Waals surface area (Å²) in [6.07, 6.45) is 3.63. The number of hydrogen-bond donors (Lipinski definition) is 0. The molecule has 0 aromatic heterocycles. The molecule has 12 heavy (non-hydrogen) atoms. The van der Waals surface area contributed by atoms with Crippen LogP contribution >= 0.6 is 24.8 Å². The molecule has 0 aliphatic heterocycles. The molecule has 0 heterocycles. The van der Waals surface area contributed by atoms with Gasteiger partial charge in [0, 0.05) is 0 Å². The average Bonchev–Trinajstić information content (AvgIpc) is 2.10. The third-order valence-corrected chi connectivity index (χ3v) is 3.50. The van der Waals surface area contributed by atoms with E-state index in [0.717, 1.165) is 5.92 Å². The van der Waals surface area contributed by atoms with Crippen molar-refractivity contribution in [2.45, 2.75) is 27.2 Å². The van der Waals surface area contributed by atoms with Gasteiger partial charge in [-0.3, -0.25) is 0 Å². The van der Waals surface area contributed by atoms with Crippen LogP contribution in [0.2, 0.25) is 0 Å². The molecular formula is C9H15Cl2Hf. The zero-order valence-corrected chi connectivity index (χ0v) is 12.9. The fraction of sp³-hybridized carbons (Fsp3) is 0.556. The predicted molar refractivity (Wildman–Crippen MR) is 54.7 cm³/mol. The summed E-state index contributed by atoms with van der Waals surface area (Å²) in [5.41, 5.74) is 3.16. The Morgan fingerprint density at radius 1 is 1.33 bits per heavy atom. The molecule has 3 heteroatoms. The van der Waals surface area contributed by atoms with Gasteiger partial charge in [-0.1, -0.05) is 0 Å². The van der Waals surface area contributed by atoms with Crippen molar-refractivity contribution >= 4 is 24.8 Å². The van der Waals surface area contributed by atoms with Gasteiger partial charge in [-0.05, 0) is 0 Å². The molecule has 1 rings (SSSR count). The van der Waals surface area contributed by atoms with E-state index in [1.807, 2.05) is 0 Å². The van der Waals surface area contributed by atoms with Gasteiger partial charge in [-0.15, -0.1) is 24.8 Å². The summed E-state index contributed by atoms with van der Waals surface area (Å²) in [7, 11) is 0. The van der Waals surface area contributed by atoms with Gasteiger partial charge in [0.05, 0.1) is 0 Å². The third kappa shape index (κ3) is 3.76. The minimum Gasteiger partial charge on any atom is -0.147 e. The van der Waals surface area contributed by atoms with E-state index in [1.165, 1.54) is 30.8 Å². The maximum absolute atomic E-state index is 2.37. The minimum absolute atomic E-state index is 0. The Hall–Kier alpha value is 0.930. The van der Waals surface area contributed by atoms with Crippen LogP contribution in [0, 0.1) is 5.92 Å². The van der Waals surface area contributed by atoms with Gasteiger partial charge in [0.2, 0.25) is 0 Å². The normalized spacial score (nSPS) is 15.4. The maximum atomic E-state index is 2.37. The van der Waals surface area contributed by atoms with Crippen molar-refractivity contribution in [1.82, 2.24) is 0 Å². The molecule has 1 aliphatic carbocycles. The first-order chi connectivity index (χ1) is 4.61. The molecule has 0 fully saturated rings. The van der Waals surface area contributed by atoms with E-state index in [-0.39, 0.29) is 24.8 Å². The van der Waals surface area contributed by atoms with Crippen LogP contribution in [0.25, 0.3) is 0 Å². The molecule has 0 bridgehead atoms. The van der Waals surface area contributed by atoms with E-state index in [9.17, 15) is 0 Å². The Morgan fingerprint density at radius 3 is 2.00 bits per heavy atom. The Kier molecular flexibility index (Phi) is 8.21. The van der Waals surface area contributed by atoms with E-state index >= 15 is 0 Å². The predicted octanol–water partition coefficient (Wildman–Crippen LogP) is 3.64. The van der Waals surface area contributed by atoms with Crippen molar-refractivity contribution in [3.8, 4) is 0 Å². The van der Waals surface area contributed by atoms with E-state index in [0.29, 0.717) is 0 Å². The van der Waals surface area contributed by atoms with Gasteiger partial charge in [-0.2, -0.15) is 0 Å². The SMILES string of the molecule is CC1=CC(C(C)C)=[C]([Hf])C1.Cl.Cl. The molecule has 69 valence electrons. The van der Waals surface area contributed by atoms with Crippen LogP contribution in [-0.2, 0) is 24.4 Å². The van der Waals surface area contributed by atoms with Crippen LogP contribution < -0.4 is 0 Å². The summed E-state index contributed by atoms with van der Waals surface area (Å²) in [6, 6.07) is 0. The van der Waals surface area contributed by atoms with Crippen molar-refractivity contribution in [1.29, 1.82) is 0 Å². The largest absolute Gasteiger partial charge is 0.147 e. The first-order valence-electron chi connectivity index (χ1n) is 3.73. The summed E-state index contributed by atoms with van der Waals surface area (Å²) in [5.74, 6) is 0.741. The van der Waals surface area contributed by atoms with Gasteiger partial charge in [-0.25, -0.2) is 0 Å². The smallest absolute Gasteiger partial charge is 0.147 e. The molecule has 1 aliphatic rings. The molecule has 0 saturated heterocycles. The molecule has 0 atom stereocenters. The molecule has 0 aromatic carbocycles. The minimum atomic E-state index is 0. The second kappa shape index (κ2) is 6.39. The molecule has 0 nitrogen and oxygen atoms in total. The summed E-state index contributed by atoms with van der Waals surface area (Å²) >= 11 is 1.25. The number of halogens is 2. The Balaban J connectivity index is 0. The summed E-state index contributed by atoms with van der Waals surface area (Å²) in [5, 5.41) is 0. The van der Waals surface area contributed by atoms with Crippen molar-refractivity contribution in [3.05, 3.63) is 20.6 Å². The Bertz CT molecular complexity index is 205.